The molecule has 6 heteroatoms. The Bertz CT molecular complexity index is 735. The molecule has 0 N–H and O–H groups in total. The summed E-state index contributed by atoms with van der Waals surface area (Å²) in [7, 11) is 2.52. The van der Waals surface area contributed by atoms with Gasteiger partial charge in [-0.15, -0.1) is 0 Å². The number of carbonyl (C=O) groups excluding carboxylic acids is 2. The van der Waals surface area contributed by atoms with Gasteiger partial charge in [0.25, 0.3) is 0 Å². The number of allylic oxidation sites excluding steroid dienone is 2. The second-order valence-corrected chi connectivity index (χ2v) is 7.52. The Hall–Kier alpha value is -2.60. The minimum absolute atomic E-state index is 0.107. The molecule has 1 aromatic rings. The van der Waals surface area contributed by atoms with Gasteiger partial charge in [0.05, 0.1) is 33.1 Å². The second-order valence-electron chi connectivity index (χ2n) is 7.52. The second kappa shape index (κ2) is 9.55. The van der Waals surface area contributed by atoms with Crippen LogP contribution in [0.15, 0.2) is 47.7 Å². The van der Waals surface area contributed by atoms with Crippen molar-refractivity contribution in [3.63, 3.8) is 0 Å². The first kappa shape index (κ1) is 21.7. The topological polar surface area (TPSA) is 65.1 Å². The standard InChI is InChI=1S/C22H29NO5/c1-22(2,3)17(16-9-7-6-8-10-16)15-18(23-11-13-28-14-12-23)19(20(24)26-4)21(25)27-5/h6-10,15H,11-14H2,1-5H3/b17-15+. The van der Waals surface area contributed by atoms with E-state index in [2.05, 4.69) is 20.8 Å². The maximum absolute atomic E-state index is 12.5. The highest BCUT2D eigenvalue weighted by atomic mass is 16.5. The van der Waals surface area contributed by atoms with Crippen LogP contribution in [-0.4, -0.2) is 57.4 Å². The zero-order valence-corrected chi connectivity index (χ0v) is 17.3. The summed E-state index contributed by atoms with van der Waals surface area (Å²) in [6.07, 6.45) is 1.91. The first-order chi connectivity index (χ1) is 13.3. The summed E-state index contributed by atoms with van der Waals surface area (Å²) < 4.78 is 15.2. The van der Waals surface area contributed by atoms with Crippen molar-refractivity contribution >= 4 is 17.5 Å². The van der Waals surface area contributed by atoms with Crippen LogP contribution in [0.4, 0.5) is 0 Å². The van der Waals surface area contributed by atoms with E-state index in [9.17, 15) is 9.59 Å². The van der Waals surface area contributed by atoms with E-state index in [0.29, 0.717) is 32.0 Å². The van der Waals surface area contributed by atoms with Crippen molar-refractivity contribution < 1.29 is 23.8 Å². The van der Waals surface area contributed by atoms with E-state index in [0.717, 1.165) is 11.1 Å². The number of nitrogens with zero attached hydrogens (tertiary/aromatic N) is 1. The van der Waals surface area contributed by atoms with Crippen LogP contribution in [0.25, 0.3) is 5.57 Å². The first-order valence-corrected chi connectivity index (χ1v) is 9.30. The Kier molecular flexibility index (Phi) is 7.40. The van der Waals surface area contributed by atoms with Crippen molar-refractivity contribution in [2.45, 2.75) is 20.8 Å². The number of hydrogen-bond donors (Lipinski definition) is 0. The summed E-state index contributed by atoms with van der Waals surface area (Å²) in [6.45, 7) is 8.45. The number of esters is 2. The maximum atomic E-state index is 12.5. The van der Waals surface area contributed by atoms with Crippen molar-refractivity contribution in [3.8, 4) is 0 Å². The van der Waals surface area contributed by atoms with Gasteiger partial charge in [0.2, 0.25) is 0 Å². The predicted molar refractivity (Wildman–Crippen MR) is 107 cm³/mol. The van der Waals surface area contributed by atoms with Gasteiger partial charge in [-0.1, -0.05) is 51.1 Å². The van der Waals surface area contributed by atoms with E-state index >= 15 is 0 Å². The zero-order valence-electron chi connectivity index (χ0n) is 17.3. The van der Waals surface area contributed by atoms with Crippen molar-refractivity contribution in [2.75, 3.05) is 40.5 Å². The molecule has 152 valence electrons. The first-order valence-electron chi connectivity index (χ1n) is 9.30. The summed E-state index contributed by atoms with van der Waals surface area (Å²) in [5.41, 5.74) is 2.19. The number of rotatable bonds is 5. The molecule has 1 aliphatic rings. The zero-order chi connectivity index (χ0) is 20.7. The Morgan fingerprint density at radius 1 is 1.00 bits per heavy atom. The third-order valence-electron chi connectivity index (χ3n) is 4.56. The van der Waals surface area contributed by atoms with Crippen LogP contribution < -0.4 is 0 Å². The number of carbonyl (C=O) groups is 2. The molecule has 6 nitrogen and oxygen atoms in total. The lowest BCUT2D eigenvalue weighted by Gasteiger charge is -2.32. The molecule has 1 saturated heterocycles. The van der Waals surface area contributed by atoms with Crippen molar-refractivity contribution in [1.29, 1.82) is 0 Å². The molecule has 0 amide bonds. The van der Waals surface area contributed by atoms with Crippen LogP contribution >= 0.6 is 0 Å². The number of hydrogen-bond acceptors (Lipinski definition) is 6. The number of benzene rings is 1. The Balaban J connectivity index is 2.74. The van der Waals surface area contributed by atoms with Gasteiger partial charge in [-0.3, -0.25) is 0 Å². The van der Waals surface area contributed by atoms with E-state index < -0.39 is 11.9 Å². The van der Waals surface area contributed by atoms with Crippen LogP contribution in [0, 0.1) is 5.41 Å². The highest BCUT2D eigenvalue weighted by molar-refractivity contribution is 6.15. The third-order valence-corrected chi connectivity index (χ3v) is 4.56. The highest BCUT2D eigenvalue weighted by Crippen LogP contribution is 2.36. The lowest BCUT2D eigenvalue weighted by Crippen LogP contribution is -2.37. The Morgan fingerprint density at radius 3 is 2.00 bits per heavy atom. The summed E-state index contributed by atoms with van der Waals surface area (Å²) >= 11 is 0. The molecule has 1 aromatic carbocycles. The Labute approximate surface area is 166 Å². The fraction of sp³-hybridized carbons (Fsp3) is 0.455. The minimum Gasteiger partial charge on any atom is -0.465 e. The number of methoxy groups -OCH3 is 2. The maximum Gasteiger partial charge on any atom is 0.347 e. The molecule has 0 spiro atoms. The van der Waals surface area contributed by atoms with Gasteiger partial charge in [-0.05, 0) is 22.6 Å². The van der Waals surface area contributed by atoms with Crippen molar-refractivity contribution in [2.24, 2.45) is 5.41 Å². The largest absolute Gasteiger partial charge is 0.465 e. The van der Waals surface area contributed by atoms with Crippen LogP contribution in [0.1, 0.15) is 26.3 Å². The van der Waals surface area contributed by atoms with E-state index in [1.165, 1.54) is 14.2 Å². The number of ether oxygens (including phenoxy) is 3. The number of morpholine rings is 1. The molecule has 0 atom stereocenters. The summed E-state index contributed by atoms with van der Waals surface area (Å²) in [5, 5.41) is 0. The molecule has 1 aliphatic heterocycles. The predicted octanol–water partition coefficient (Wildman–Crippen LogP) is 3.05. The summed E-state index contributed by atoms with van der Waals surface area (Å²) in [5.74, 6) is -1.43. The molecule has 0 saturated carbocycles. The third kappa shape index (κ3) is 5.23. The quantitative estimate of drug-likeness (QED) is 0.254. The van der Waals surface area contributed by atoms with Crippen LogP contribution in [0.5, 0.6) is 0 Å². The van der Waals surface area contributed by atoms with Gasteiger partial charge in [0.15, 0.2) is 5.57 Å². The van der Waals surface area contributed by atoms with Crippen LogP contribution in [-0.2, 0) is 23.8 Å². The molecular weight excluding hydrogens is 358 g/mol. The van der Waals surface area contributed by atoms with Gasteiger partial charge >= 0.3 is 11.9 Å². The van der Waals surface area contributed by atoms with Crippen molar-refractivity contribution in [1.82, 2.24) is 4.90 Å². The molecular formula is C22H29NO5. The Morgan fingerprint density at radius 2 is 1.54 bits per heavy atom. The molecule has 1 fully saturated rings. The fourth-order valence-corrected chi connectivity index (χ4v) is 3.11. The average Bonchev–Trinajstić information content (AvgIpc) is 2.70. The highest BCUT2D eigenvalue weighted by Gasteiger charge is 2.30. The van der Waals surface area contributed by atoms with Gasteiger partial charge in [-0.25, -0.2) is 9.59 Å². The summed E-state index contributed by atoms with van der Waals surface area (Å²) in [4.78, 5) is 27.0. The molecule has 0 bridgehead atoms. The molecule has 0 unspecified atom stereocenters. The van der Waals surface area contributed by atoms with E-state index in [-0.39, 0.29) is 11.0 Å². The average molecular weight is 387 g/mol. The lowest BCUT2D eigenvalue weighted by atomic mass is 9.81. The smallest absolute Gasteiger partial charge is 0.347 e. The molecule has 0 radical (unpaired) electrons. The monoisotopic (exact) mass is 387 g/mol. The van der Waals surface area contributed by atoms with Gasteiger partial charge in [0, 0.05) is 13.1 Å². The SMILES string of the molecule is COC(=O)C(C(=O)OC)=C(/C=C(\c1ccccc1)C(C)(C)C)N1CCOCC1. The molecule has 1 heterocycles. The fourth-order valence-electron chi connectivity index (χ4n) is 3.11. The van der Waals surface area contributed by atoms with Crippen LogP contribution in [0.3, 0.4) is 0 Å². The van der Waals surface area contributed by atoms with E-state index in [4.69, 9.17) is 14.2 Å². The molecule has 2 rings (SSSR count). The van der Waals surface area contributed by atoms with E-state index in [1.807, 2.05) is 41.3 Å². The normalized spacial score (nSPS) is 15.0. The van der Waals surface area contributed by atoms with E-state index in [1.54, 1.807) is 0 Å². The molecule has 28 heavy (non-hydrogen) atoms. The van der Waals surface area contributed by atoms with Gasteiger partial charge < -0.3 is 19.1 Å². The summed E-state index contributed by atoms with van der Waals surface area (Å²) in [6, 6.07) is 9.92. The lowest BCUT2D eigenvalue weighted by molar-refractivity contribution is -0.144. The minimum atomic E-state index is -0.717. The molecule has 0 aliphatic carbocycles. The van der Waals surface area contributed by atoms with Gasteiger partial charge in [0.1, 0.15) is 0 Å². The molecule has 0 aromatic heterocycles. The van der Waals surface area contributed by atoms with Crippen LogP contribution in [0.2, 0.25) is 0 Å². The van der Waals surface area contributed by atoms with Crippen molar-refractivity contribution in [3.05, 3.63) is 53.2 Å². The van der Waals surface area contributed by atoms with Gasteiger partial charge in [-0.2, -0.15) is 0 Å².